The van der Waals surface area contributed by atoms with E-state index in [2.05, 4.69) is 26.0 Å². The van der Waals surface area contributed by atoms with Crippen LogP contribution in [0.3, 0.4) is 0 Å². The zero-order valence-corrected chi connectivity index (χ0v) is 48.1. The zero-order chi connectivity index (χ0) is 51.7. The maximum absolute atomic E-state index is 12.7. The number of hydrogen-bond acceptors (Lipinski definition) is 8. The molecule has 0 amide bonds. The summed E-state index contributed by atoms with van der Waals surface area (Å²) in [6.07, 6.45) is 67.2. The number of unbranched alkanes of at least 4 members (excludes halogenated alkanes) is 45. The van der Waals surface area contributed by atoms with Crippen LogP contribution in [0.4, 0.5) is 0 Å². The minimum Gasteiger partial charge on any atom is -0.462 e. The Labute approximate surface area is 440 Å². The molecule has 0 aliphatic carbocycles. The number of nitrogens with two attached hydrogens (primary N) is 1. The molecule has 0 aromatic carbocycles. The lowest BCUT2D eigenvalue weighted by atomic mass is 10.0. The predicted molar refractivity (Wildman–Crippen MR) is 303 cm³/mol. The van der Waals surface area contributed by atoms with E-state index in [1.807, 2.05) is 0 Å². The number of ether oxygens (including phenoxy) is 2. The zero-order valence-electron chi connectivity index (χ0n) is 47.2. The van der Waals surface area contributed by atoms with Crippen molar-refractivity contribution in [2.24, 2.45) is 5.73 Å². The van der Waals surface area contributed by atoms with Crippen molar-refractivity contribution in [3.63, 3.8) is 0 Å². The monoisotopic (exact) mass is 1030 g/mol. The lowest BCUT2D eigenvalue weighted by Gasteiger charge is -2.19. The van der Waals surface area contributed by atoms with E-state index in [9.17, 15) is 19.0 Å². The highest BCUT2D eigenvalue weighted by Crippen LogP contribution is 2.43. The Hall–Kier alpha value is -1.25. The minimum absolute atomic E-state index is 0.0560. The van der Waals surface area contributed by atoms with Crippen LogP contribution >= 0.6 is 7.82 Å². The molecule has 0 saturated heterocycles. The molecule has 2 unspecified atom stereocenters. The van der Waals surface area contributed by atoms with Crippen LogP contribution in [0.2, 0.25) is 0 Å². The molecule has 0 spiro atoms. The molecule has 3 N–H and O–H groups in total. The largest absolute Gasteiger partial charge is 0.472 e. The fourth-order valence-electron chi connectivity index (χ4n) is 9.52. The lowest BCUT2D eigenvalue weighted by molar-refractivity contribution is -0.161. The Morgan fingerprint density at radius 1 is 0.408 bits per heavy atom. The van der Waals surface area contributed by atoms with Gasteiger partial charge in [0.2, 0.25) is 0 Å². The van der Waals surface area contributed by atoms with Crippen molar-refractivity contribution >= 4 is 19.8 Å². The molecule has 0 aliphatic heterocycles. The molecule has 0 bridgehead atoms. The standard InChI is InChI=1S/C61H120NO8P/c1-3-5-7-9-11-13-15-17-19-21-23-24-25-26-27-28-29-30-31-32-33-34-35-36-38-39-41-43-45-47-49-51-53-60(63)67-57-59(58-69-71(65,66)68-56-55-62)70-61(64)54-52-50-48-46-44-42-40-37-22-20-18-16-14-12-10-8-6-4-2/h20,22,59H,3-19,21,23-58,62H2,1-2H3,(H,65,66)/b22-20-. The van der Waals surface area contributed by atoms with Crippen molar-refractivity contribution in [2.45, 2.75) is 341 Å². The fraction of sp³-hybridized carbons (Fsp3) is 0.934. The van der Waals surface area contributed by atoms with E-state index in [0.29, 0.717) is 6.42 Å². The number of allylic oxidation sites excluding steroid dienone is 2. The molecule has 9 nitrogen and oxygen atoms in total. The summed E-state index contributed by atoms with van der Waals surface area (Å²) >= 11 is 0. The highest BCUT2D eigenvalue weighted by atomic mass is 31.2. The van der Waals surface area contributed by atoms with Gasteiger partial charge < -0.3 is 20.1 Å². The summed E-state index contributed by atoms with van der Waals surface area (Å²) < 4.78 is 33.1. The second-order valence-corrected chi connectivity index (χ2v) is 22.7. The van der Waals surface area contributed by atoms with E-state index in [1.54, 1.807) is 0 Å². The summed E-state index contributed by atoms with van der Waals surface area (Å²) in [6.45, 7) is 3.80. The van der Waals surface area contributed by atoms with Crippen LogP contribution in [-0.4, -0.2) is 49.3 Å². The Bertz CT molecular complexity index is 1170. The lowest BCUT2D eigenvalue weighted by Crippen LogP contribution is -2.29. The van der Waals surface area contributed by atoms with E-state index < -0.39 is 26.5 Å². The van der Waals surface area contributed by atoms with E-state index in [-0.39, 0.29) is 38.6 Å². The third kappa shape index (κ3) is 57.9. The second-order valence-electron chi connectivity index (χ2n) is 21.3. The Morgan fingerprint density at radius 3 is 1.00 bits per heavy atom. The maximum atomic E-state index is 12.7. The first-order valence-corrected chi connectivity index (χ1v) is 32.7. The van der Waals surface area contributed by atoms with Crippen LogP contribution in [0, 0.1) is 0 Å². The third-order valence-electron chi connectivity index (χ3n) is 14.2. The molecule has 0 aromatic heterocycles. The number of phosphoric ester groups is 1. The van der Waals surface area contributed by atoms with Gasteiger partial charge in [0.05, 0.1) is 13.2 Å². The van der Waals surface area contributed by atoms with Crippen LogP contribution in [0.1, 0.15) is 335 Å². The van der Waals surface area contributed by atoms with E-state index >= 15 is 0 Å². The van der Waals surface area contributed by atoms with Gasteiger partial charge >= 0.3 is 19.8 Å². The van der Waals surface area contributed by atoms with Crippen LogP contribution in [-0.2, 0) is 32.7 Å². The molecule has 0 rings (SSSR count). The van der Waals surface area contributed by atoms with E-state index in [0.717, 1.165) is 44.9 Å². The summed E-state index contributed by atoms with van der Waals surface area (Å²) in [5, 5.41) is 0. The third-order valence-corrected chi connectivity index (χ3v) is 15.1. The molecule has 0 saturated carbocycles. The van der Waals surface area contributed by atoms with Crippen molar-refractivity contribution in [1.82, 2.24) is 0 Å². The first-order chi connectivity index (χ1) is 34.8. The summed E-state index contributed by atoms with van der Waals surface area (Å²) in [6, 6.07) is 0. The molecule has 0 aromatic rings. The topological polar surface area (TPSA) is 134 Å². The molecule has 0 radical (unpaired) electrons. The van der Waals surface area contributed by atoms with Gasteiger partial charge in [-0.05, 0) is 38.5 Å². The molecule has 2 atom stereocenters. The molecule has 0 heterocycles. The van der Waals surface area contributed by atoms with Crippen LogP contribution in [0.15, 0.2) is 12.2 Å². The average Bonchev–Trinajstić information content (AvgIpc) is 3.36. The number of carbonyl (C=O) groups excluding carboxylic acids is 2. The molecule has 422 valence electrons. The quantitative estimate of drug-likeness (QED) is 0.0264. The molecule has 0 aliphatic rings. The summed E-state index contributed by atoms with van der Waals surface area (Å²) in [7, 11) is -4.38. The maximum Gasteiger partial charge on any atom is 0.472 e. The Morgan fingerprint density at radius 2 is 0.690 bits per heavy atom. The van der Waals surface area contributed by atoms with Gasteiger partial charge in [-0.25, -0.2) is 4.57 Å². The van der Waals surface area contributed by atoms with Crippen LogP contribution in [0.5, 0.6) is 0 Å². The fourth-order valence-corrected chi connectivity index (χ4v) is 10.3. The van der Waals surface area contributed by atoms with Gasteiger partial charge in [0, 0.05) is 19.4 Å². The van der Waals surface area contributed by atoms with E-state index in [1.165, 1.54) is 257 Å². The molecule has 10 heteroatoms. The smallest absolute Gasteiger partial charge is 0.462 e. The molecular weight excluding hydrogens is 906 g/mol. The SMILES string of the molecule is CCCCCCCCC/C=C\CCCCCCCCCC(=O)OC(COC(=O)CCCCCCCCCCCCCCCCCCCCCCCCCCCCCCCCCC)COP(=O)(O)OCCN. The number of esters is 2. The van der Waals surface area contributed by atoms with Gasteiger partial charge in [0.15, 0.2) is 6.10 Å². The van der Waals surface area contributed by atoms with Gasteiger partial charge in [0.25, 0.3) is 0 Å². The Balaban J connectivity index is 3.81. The van der Waals surface area contributed by atoms with Gasteiger partial charge in [0.1, 0.15) is 6.61 Å². The minimum atomic E-state index is -4.38. The summed E-state index contributed by atoms with van der Waals surface area (Å²) in [5.74, 6) is -0.812. The van der Waals surface area contributed by atoms with Gasteiger partial charge in [-0.15, -0.1) is 0 Å². The Kier molecular flexibility index (Phi) is 57.0. The van der Waals surface area contributed by atoms with Crippen molar-refractivity contribution in [2.75, 3.05) is 26.4 Å². The van der Waals surface area contributed by atoms with Crippen LogP contribution in [0.25, 0.3) is 0 Å². The molecular formula is C61H120NO8P. The number of hydrogen-bond donors (Lipinski definition) is 2. The van der Waals surface area contributed by atoms with E-state index in [4.69, 9.17) is 24.3 Å². The highest BCUT2D eigenvalue weighted by molar-refractivity contribution is 7.47. The summed E-state index contributed by atoms with van der Waals surface area (Å²) in [5.41, 5.74) is 5.38. The van der Waals surface area contributed by atoms with Gasteiger partial charge in [-0.1, -0.05) is 296 Å². The molecule has 0 fully saturated rings. The van der Waals surface area contributed by atoms with Gasteiger partial charge in [-0.2, -0.15) is 0 Å². The number of phosphoric acid groups is 1. The van der Waals surface area contributed by atoms with Crippen LogP contribution < -0.4 is 5.73 Å². The summed E-state index contributed by atoms with van der Waals surface area (Å²) in [4.78, 5) is 35.2. The number of carbonyl (C=O) groups is 2. The predicted octanol–water partition coefficient (Wildman–Crippen LogP) is 19.6. The van der Waals surface area contributed by atoms with Gasteiger partial charge in [-0.3, -0.25) is 18.6 Å². The average molecular weight is 1030 g/mol. The highest BCUT2D eigenvalue weighted by Gasteiger charge is 2.26. The first-order valence-electron chi connectivity index (χ1n) is 31.2. The molecule has 71 heavy (non-hydrogen) atoms. The number of rotatable bonds is 60. The second kappa shape index (κ2) is 58.0. The van der Waals surface area contributed by atoms with Crippen molar-refractivity contribution in [3.8, 4) is 0 Å². The normalized spacial score (nSPS) is 13.0. The van der Waals surface area contributed by atoms with Crippen molar-refractivity contribution < 1.29 is 37.6 Å². The first kappa shape index (κ1) is 69.8. The van der Waals surface area contributed by atoms with Crippen molar-refractivity contribution in [3.05, 3.63) is 12.2 Å². The van der Waals surface area contributed by atoms with Crippen molar-refractivity contribution in [1.29, 1.82) is 0 Å².